The normalized spacial score (nSPS) is 13.7. The van der Waals surface area contributed by atoms with Gasteiger partial charge in [-0.15, -0.1) is 0 Å². The third-order valence-electron chi connectivity index (χ3n) is 9.98. The molecule has 0 spiro atoms. The Bertz CT molecular complexity index is 1380. The van der Waals surface area contributed by atoms with E-state index in [0.29, 0.717) is 19.3 Å². The number of allylic oxidation sites excluding steroid dienone is 8. The van der Waals surface area contributed by atoms with Crippen LogP contribution in [0.2, 0.25) is 0 Å². The molecular formula is C47H80NO10P. The Kier molecular flexibility index (Phi) is 34.0. The number of rotatable bonds is 39. The van der Waals surface area contributed by atoms with Crippen molar-refractivity contribution in [3.05, 3.63) is 71.3 Å². The number of aliphatic hydroxyl groups is 1. The molecule has 59 heavy (non-hydrogen) atoms. The number of aryl methyl sites for hydroxylation is 2. The molecule has 1 unspecified atom stereocenters. The van der Waals surface area contributed by atoms with E-state index in [4.69, 9.17) is 33.8 Å². The smallest absolute Gasteiger partial charge is 0.466 e. The van der Waals surface area contributed by atoms with Crippen molar-refractivity contribution >= 4 is 19.8 Å². The Balaban J connectivity index is 2.29. The van der Waals surface area contributed by atoms with Crippen molar-refractivity contribution in [3.63, 3.8) is 0 Å². The fourth-order valence-corrected chi connectivity index (χ4v) is 7.08. The SMILES string of the molecule is CCCCCc1oc(CCCCCCCCCCC(=O)O[C@H](COC(=O)CCC/C=C\C/C=C\C/C=C\C/C=C\CCCCCO)COP(=O)(O)OCCN)c(C)c1C. The van der Waals surface area contributed by atoms with Crippen molar-refractivity contribution in [1.29, 1.82) is 0 Å². The lowest BCUT2D eigenvalue weighted by Gasteiger charge is -2.19. The number of hydrogen-bond donors (Lipinski definition) is 3. The third-order valence-corrected chi connectivity index (χ3v) is 11.0. The Morgan fingerprint density at radius 1 is 0.661 bits per heavy atom. The molecule has 0 radical (unpaired) electrons. The van der Waals surface area contributed by atoms with E-state index in [0.717, 1.165) is 95.7 Å². The van der Waals surface area contributed by atoms with Crippen LogP contribution in [0.4, 0.5) is 0 Å². The number of carbonyl (C=O) groups excluding carboxylic acids is 2. The van der Waals surface area contributed by atoms with E-state index < -0.39 is 32.5 Å². The summed E-state index contributed by atoms with van der Waals surface area (Å²) in [6, 6.07) is 0. The number of nitrogens with two attached hydrogens (primary N) is 1. The van der Waals surface area contributed by atoms with E-state index in [1.807, 2.05) is 6.08 Å². The molecule has 0 aliphatic rings. The molecule has 0 aliphatic heterocycles. The highest BCUT2D eigenvalue weighted by atomic mass is 31.2. The first kappa shape index (κ1) is 54.2. The van der Waals surface area contributed by atoms with Gasteiger partial charge >= 0.3 is 19.8 Å². The molecule has 0 saturated carbocycles. The molecule has 12 heteroatoms. The lowest BCUT2D eigenvalue weighted by atomic mass is 10.0. The minimum Gasteiger partial charge on any atom is -0.466 e. The van der Waals surface area contributed by atoms with Gasteiger partial charge in [-0.2, -0.15) is 0 Å². The van der Waals surface area contributed by atoms with Gasteiger partial charge in [0.2, 0.25) is 0 Å². The topological polar surface area (TPSA) is 168 Å². The monoisotopic (exact) mass is 850 g/mol. The highest BCUT2D eigenvalue weighted by Gasteiger charge is 2.26. The number of ether oxygens (including phenoxy) is 2. The number of phosphoric ester groups is 1. The maximum absolute atomic E-state index is 12.7. The molecule has 338 valence electrons. The first-order chi connectivity index (χ1) is 28.6. The lowest BCUT2D eigenvalue weighted by Crippen LogP contribution is -2.29. The van der Waals surface area contributed by atoms with Gasteiger partial charge in [0.1, 0.15) is 18.1 Å². The average molecular weight is 850 g/mol. The predicted octanol–water partition coefficient (Wildman–Crippen LogP) is 11.3. The summed E-state index contributed by atoms with van der Waals surface area (Å²) >= 11 is 0. The molecule has 1 heterocycles. The van der Waals surface area contributed by atoms with E-state index in [9.17, 15) is 19.0 Å². The molecule has 4 N–H and O–H groups in total. The van der Waals surface area contributed by atoms with Crippen LogP contribution in [-0.2, 0) is 45.5 Å². The first-order valence-corrected chi connectivity index (χ1v) is 24.1. The first-order valence-electron chi connectivity index (χ1n) is 22.6. The van der Waals surface area contributed by atoms with Gasteiger partial charge in [0, 0.05) is 38.8 Å². The fourth-order valence-electron chi connectivity index (χ4n) is 6.31. The number of carbonyl (C=O) groups is 2. The van der Waals surface area contributed by atoms with Crippen LogP contribution in [0.25, 0.3) is 0 Å². The zero-order valence-corrected chi connectivity index (χ0v) is 37.8. The van der Waals surface area contributed by atoms with Gasteiger partial charge in [-0.1, -0.05) is 113 Å². The highest BCUT2D eigenvalue weighted by Crippen LogP contribution is 2.43. The van der Waals surface area contributed by atoms with Crippen LogP contribution in [0.1, 0.15) is 171 Å². The van der Waals surface area contributed by atoms with Crippen LogP contribution in [0.5, 0.6) is 0 Å². The summed E-state index contributed by atoms with van der Waals surface area (Å²) in [6.45, 7) is 5.96. The van der Waals surface area contributed by atoms with Gasteiger partial charge in [-0.05, 0) is 95.6 Å². The molecule has 1 rings (SSSR count). The van der Waals surface area contributed by atoms with Crippen molar-refractivity contribution in [1.82, 2.24) is 0 Å². The van der Waals surface area contributed by atoms with Crippen LogP contribution in [-0.4, -0.2) is 61.0 Å². The number of aliphatic hydroxyl groups excluding tert-OH is 1. The second-order valence-electron chi connectivity index (χ2n) is 15.2. The standard InChI is InChI=1S/C47H80NO10P/c1-4-5-27-32-44-41(2)42(3)45(58-44)33-28-23-19-16-17-21-25-30-35-47(51)57-43(40-56-59(52,53)55-38-36-48)39-54-46(50)34-29-24-20-15-13-11-9-7-6-8-10-12-14-18-22-26-31-37-49/h6,8-9,11-12,14-15,20,43,49H,4-5,7,10,13,16-19,21-40,48H2,1-3H3,(H,52,53)/b8-6-,11-9-,14-12-,20-15-/t43-/m1/s1. The molecule has 0 aromatic carbocycles. The Hall–Kier alpha value is -2.79. The second kappa shape index (κ2) is 37.0. The third kappa shape index (κ3) is 30.8. The summed E-state index contributed by atoms with van der Waals surface area (Å²) in [5, 5.41) is 8.80. The summed E-state index contributed by atoms with van der Waals surface area (Å²) in [5.41, 5.74) is 7.99. The zero-order valence-electron chi connectivity index (χ0n) is 36.9. The van der Waals surface area contributed by atoms with Gasteiger partial charge in [0.25, 0.3) is 0 Å². The summed E-state index contributed by atoms with van der Waals surface area (Å²) in [5.74, 6) is 1.39. The van der Waals surface area contributed by atoms with Gasteiger partial charge in [-0.25, -0.2) is 4.57 Å². The molecule has 0 aliphatic carbocycles. The Labute approximate surface area is 356 Å². The highest BCUT2D eigenvalue weighted by molar-refractivity contribution is 7.47. The molecule has 2 atom stereocenters. The molecule has 11 nitrogen and oxygen atoms in total. The molecule has 0 bridgehead atoms. The van der Waals surface area contributed by atoms with Crippen LogP contribution in [0.15, 0.2) is 53.0 Å². The van der Waals surface area contributed by atoms with Crippen LogP contribution in [0.3, 0.4) is 0 Å². The molecule has 1 aromatic rings. The minimum absolute atomic E-state index is 0.0335. The van der Waals surface area contributed by atoms with Crippen LogP contribution in [0, 0.1) is 13.8 Å². The van der Waals surface area contributed by atoms with Crippen LogP contribution < -0.4 is 5.73 Å². The number of furan rings is 1. The van der Waals surface area contributed by atoms with Crippen molar-refractivity contribution in [2.75, 3.05) is 33.0 Å². The summed E-state index contributed by atoms with van der Waals surface area (Å²) in [6.07, 6.45) is 38.4. The van der Waals surface area contributed by atoms with Crippen molar-refractivity contribution in [2.45, 2.75) is 181 Å². The van der Waals surface area contributed by atoms with Crippen LogP contribution >= 0.6 is 7.82 Å². The largest absolute Gasteiger partial charge is 0.472 e. The second-order valence-corrected chi connectivity index (χ2v) is 16.7. The van der Waals surface area contributed by atoms with E-state index >= 15 is 0 Å². The van der Waals surface area contributed by atoms with E-state index in [1.165, 1.54) is 49.0 Å². The van der Waals surface area contributed by atoms with E-state index in [2.05, 4.69) is 63.3 Å². The number of phosphoric acid groups is 1. The molecule has 0 fully saturated rings. The van der Waals surface area contributed by atoms with E-state index in [-0.39, 0.29) is 39.2 Å². The summed E-state index contributed by atoms with van der Waals surface area (Å²) < 4.78 is 39.0. The number of hydrogen-bond acceptors (Lipinski definition) is 10. The van der Waals surface area contributed by atoms with E-state index in [1.54, 1.807) is 0 Å². The maximum atomic E-state index is 12.7. The molecule has 1 aromatic heterocycles. The zero-order chi connectivity index (χ0) is 43.2. The van der Waals surface area contributed by atoms with Gasteiger partial charge in [-0.3, -0.25) is 18.6 Å². The summed E-state index contributed by atoms with van der Waals surface area (Å²) in [7, 11) is -4.41. The predicted molar refractivity (Wildman–Crippen MR) is 238 cm³/mol. The number of esters is 2. The average Bonchev–Trinajstić information content (AvgIpc) is 3.49. The number of unbranched alkanes of at least 4 members (excludes halogenated alkanes) is 13. The van der Waals surface area contributed by atoms with Crippen molar-refractivity contribution in [3.8, 4) is 0 Å². The lowest BCUT2D eigenvalue weighted by molar-refractivity contribution is -0.161. The maximum Gasteiger partial charge on any atom is 0.472 e. The van der Waals surface area contributed by atoms with Gasteiger partial charge < -0.3 is 29.6 Å². The molecular weight excluding hydrogens is 769 g/mol. The Morgan fingerprint density at radius 3 is 1.75 bits per heavy atom. The van der Waals surface area contributed by atoms with Gasteiger partial charge in [0.15, 0.2) is 6.10 Å². The molecule has 0 saturated heterocycles. The Morgan fingerprint density at radius 2 is 1.17 bits per heavy atom. The molecule has 0 amide bonds. The van der Waals surface area contributed by atoms with Crippen molar-refractivity contribution in [2.24, 2.45) is 5.73 Å². The quantitative estimate of drug-likeness (QED) is 0.0249. The summed E-state index contributed by atoms with van der Waals surface area (Å²) in [4.78, 5) is 35.0. The fraction of sp³-hybridized carbons (Fsp3) is 0.702. The minimum atomic E-state index is -4.41. The van der Waals surface area contributed by atoms with Gasteiger partial charge in [0.05, 0.1) is 13.2 Å². The van der Waals surface area contributed by atoms with Crippen molar-refractivity contribution < 1.29 is 47.1 Å².